The van der Waals surface area contributed by atoms with Crippen molar-refractivity contribution < 1.29 is 0 Å². The summed E-state index contributed by atoms with van der Waals surface area (Å²) in [5.41, 5.74) is 6.48. The third-order valence-electron chi connectivity index (χ3n) is 3.06. The van der Waals surface area contributed by atoms with Crippen molar-refractivity contribution in [1.29, 1.82) is 10.5 Å². The zero-order valence-electron chi connectivity index (χ0n) is 9.66. The first kappa shape index (κ1) is 11.8. The normalized spacial score (nSPS) is 21.6. The monoisotopic (exact) mass is 246 g/mol. The van der Waals surface area contributed by atoms with E-state index in [-0.39, 0.29) is 0 Å². The van der Waals surface area contributed by atoms with Crippen LogP contribution in [0.25, 0.3) is 0 Å². The molecule has 2 unspecified atom stereocenters. The number of hydrogen-bond donors (Lipinski definition) is 2. The Hall–Kier alpha value is -1.72. The molecule has 1 aliphatic rings. The number of nitrogens with one attached hydrogen (secondary N) is 1. The van der Waals surface area contributed by atoms with Crippen LogP contribution in [0.5, 0.6) is 0 Å². The Bertz CT molecular complexity index is 506. The topological polar surface area (TPSA) is 85.6 Å². The van der Waals surface area contributed by atoms with Gasteiger partial charge in [0.25, 0.3) is 0 Å². The van der Waals surface area contributed by atoms with E-state index in [9.17, 15) is 0 Å². The predicted molar refractivity (Wildman–Crippen MR) is 68.6 cm³/mol. The van der Waals surface area contributed by atoms with E-state index in [0.717, 1.165) is 11.4 Å². The Morgan fingerprint density at radius 3 is 2.82 bits per heavy atom. The minimum absolute atomic E-state index is 0.315. The molecule has 88 valence electrons. The molecular weight excluding hydrogens is 232 g/mol. The van der Waals surface area contributed by atoms with Crippen LogP contribution in [0.4, 0.5) is 10.7 Å². The minimum Gasteiger partial charge on any atom is -0.396 e. The number of thiophene rings is 1. The summed E-state index contributed by atoms with van der Waals surface area (Å²) in [5, 5.41) is 22.0. The lowest BCUT2D eigenvalue weighted by Crippen LogP contribution is -2.04. The van der Waals surface area contributed by atoms with Gasteiger partial charge in [-0.3, -0.25) is 0 Å². The number of nitriles is 2. The molecule has 2 atom stereocenters. The van der Waals surface area contributed by atoms with E-state index in [1.54, 1.807) is 0 Å². The highest BCUT2D eigenvalue weighted by atomic mass is 32.1. The van der Waals surface area contributed by atoms with Crippen LogP contribution in [0.2, 0.25) is 0 Å². The van der Waals surface area contributed by atoms with Crippen molar-refractivity contribution in [3.05, 3.63) is 10.4 Å². The molecule has 0 bridgehead atoms. The molecule has 0 saturated heterocycles. The van der Waals surface area contributed by atoms with Gasteiger partial charge in [-0.25, -0.2) is 0 Å². The highest BCUT2D eigenvalue weighted by molar-refractivity contribution is 7.17. The van der Waals surface area contributed by atoms with Crippen LogP contribution >= 0.6 is 11.3 Å². The van der Waals surface area contributed by atoms with Gasteiger partial charge in [0, 0.05) is 6.04 Å². The third kappa shape index (κ3) is 2.20. The molecule has 1 saturated carbocycles. The molecule has 1 fully saturated rings. The minimum atomic E-state index is 0.315. The van der Waals surface area contributed by atoms with Gasteiger partial charge < -0.3 is 11.1 Å². The van der Waals surface area contributed by atoms with E-state index >= 15 is 0 Å². The maximum absolute atomic E-state index is 9.04. The van der Waals surface area contributed by atoms with Crippen molar-refractivity contribution in [2.24, 2.45) is 5.92 Å². The average Bonchev–Trinajstić information content (AvgIpc) is 2.96. The average molecular weight is 246 g/mol. The molecule has 0 aromatic carbocycles. The second kappa shape index (κ2) is 4.65. The van der Waals surface area contributed by atoms with E-state index in [0.29, 0.717) is 28.1 Å². The quantitative estimate of drug-likeness (QED) is 0.855. The van der Waals surface area contributed by atoms with E-state index in [1.165, 1.54) is 24.2 Å². The Labute approximate surface area is 105 Å². The molecular formula is C12H14N4S. The van der Waals surface area contributed by atoms with Crippen LogP contribution in [0.1, 0.15) is 36.6 Å². The van der Waals surface area contributed by atoms with E-state index in [1.807, 2.05) is 6.07 Å². The Morgan fingerprint density at radius 1 is 1.47 bits per heavy atom. The molecule has 0 amide bonds. The van der Waals surface area contributed by atoms with Crippen LogP contribution in [-0.2, 0) is 0 Å². The van der Waals surface area contributed by atoms with E-state index < -0.39 is 0 Å². The largest absolute Gasteiger partial charge is 0.396 e. The molecule has 4 nitrogen and oxygen atoms in total. The number of rotatable bonds is 4. The lowest BCUT2D eigenvalue weighted by atomic mass is 10.2. The van der Waals surface area contributed by atoms with Gasteiger partial charge >= 0.3 is 0 Å². The maximum Gasteiger partial charge on any atom is 0.131 e. The summed E-state index contributed by atoms with van der Waals surface area (Å²) < 4.78 is 0. The van der Waals surface area contributed by atoms with Gasteiger partial charge in [-0.05, 0) is 18.8 Å². The van der Waals surface area contributed by atoms with Crippen molar-refractivity contribution in [2.75, 3.05) is 11.1 Å². The highest BCUT2D eigenvalue weighted by Gasteiger charge is 2.37. The SMILES string of the molecule is CCCC1CC1Nc1sc(C#N)c(N)c1C#N. The van der Waals surface area contributed by atoms with Crippen LogP contribution < -0.4 is 11.1 Å². The van der Waals surface area contributed by atoms with Gasteiger partial charge in [-0.1, -0.05) is 13.3 Å². The first-order chi connectivity index (χ1) is 8.21. The van der Waals surface area contributed by atoms with E-state index in [4.69, 9.17) is 16.3 Å². The number of hydrogen-bond acceptors (Lipinski definition) is 5. The van der Waals surface area contributed by atoms with Crippen molar-refractivity contribution in [2.45, 2.75) is 32.2 Å². The van der Waals surface area contributed by atoms with Crippen molar-refractivity contribution in [3.8, 4) is 12.1 Å². The maximum atomic E-state index is 9.04. The zero-order chi connectivity index (χ0) is 12.4. The van der Waals surface area contributed by atoms with Crippen molar-refractivity contribution in [3.63, 3.8) is 0 Å². The fourth-order valence-electron chi connectivity index (χ4n) is 2.02. The summed E-state index contributed by atoms with van der Waals surface area (Å²) in [5.74, 6) is 0.709. The van der Waals surface area contributed by atoms with Gasteiger partial charge in [-0.2, -0.15) is 10.5 Å². The molecule has 0 aliphatic heterocycles. The summed E-state index contributed by atoms with van der Waals surface area (Å²) in [6.45, 7) is 2.17. The molecule has 5 heteroatoms. The summed E-state index contributed by atoms with van der Waals surface area (Å²) in [6, 6.07) is 4.54. The van der Waals surface area contributed by atoms with Crippen molar-refractivity contribution >= 4 is 22.0 Å². The zero-order valence-corrected chi connectivity index (χ0v) is 10.5. The Kier molecular flexibility index (Phi) is 3.21. The van der Waals surface area contributed by atoms with Crippen LogP contribution in [0.15, 0.2) is 0 Å². The fraction of sp³-hybridized carbons (Fsp3) is 0.500. The second-order valence-corrected chi connectivity index (χ2v) is 5.33. The van der Waals surface area contributed by atoms with Gasteiger partial charge in [0.05, 0.1) is 5.69 Å². The van der Waals surface area contributed by atoms with E-state index in [2.05, 4.69) is 18.3 Å². The number of nitrogens with zero attached hydrogens (tertiary/aromatic N) is 2. The molecule has 1 aromatic rings. The van der Waals surface area contributed by atoms with Gasteiger partial charge in [0.2, 0.25) is 0 Å². The molecule has 0 spiro atoms. The van der Waals surface area contributed by atoms with Crippen LogP contribution in [0.3, 0.4) is 0 Å². The molecule has 1 heterocycles. The van der Waals surface area contributed by atoms with Crippen LogP contribution in [0, 0.1) is 28.6 Å². The lowest BCUT2D eigenvalue weighted by molar-refractivity contribution is 0.693. The second-order valence-electron chi connectivity index (χ2n) is 4.31. The number of nitrogen functional groups attached to an aromatic ring is 1. The molecule has 3 N–H and O–H groups in total. The first-order valence-electron chi connectivity index (χ1n) is 5.70. The molecule has 0 radical (unpaired) electrons. The number of anilines is 2. The van der Waals surface area contributed by atoms with Crippen molar-refractivity contribution in [1.82, 2.24) is 0 Å². The standard InChI is InChI=1S/C12H14N4S/c1-2-3-7-4-9(7)16-12-8(5-13)11(15)10(6-14)17-12/h7,9,16H,2-4,15H2,1H3. The summed E-state index contributed by atoms with van der Waals surface area (Å²) >= 11 is 1.28. The third-order valence-corrected chi connectivity index (χ3v) is 4.10. The molecule has 17 heavy (non-hydrogen) atoms. The summed E-state index contributed by atoms with van der Waals surface area (Å²) in [7, 11) is 0. The molecule has 1 aromatic heterocycles. The molecule has 2 rings (SSSR count). The first-order valence-corrected chi connectivity index (χ1v) is 6.51. The highest BCUT2D eigenvalue weighted by Crippen LogP contribution is 2.41. The summed E-state index contributed by atoms with van der Waals surface area (Å²) in [4.78, 5) is 0.428. The van der Waals surface area contributed by atoms with Gasteiger partial charge in [0.1, 0.15) is 27.6 Å². The smallest absolute Gasteiger partial charge is 0.131 e. The van der Waals surface area contributed by atoms with Gasteiger partial charge in [-0.15, -0.1) is 11.3 Å². The lowest BCUT2D eigenvalue weighted by Gasteiger charge is -2.02. The predicted octanol–water partition coefficient (Wildman–Crippen LogP) is 2.67. The van der Waals surface area contributed by atoms with Gasteiger partial charge in [0.15, 0.2) is 0 Å². The number of nitrogens with two attached hydrogens (primary N) is 1. The fourth-order valence-corrected chi connectivity index (χ4v) is 2.95. The summed E-state index contributed by atoms with van der Waals surface area (Å²) in [6.07, 6.45) is 3.55. The van der Waals surface area contributed by atoms with Crippen LogP contribution in [-0.4, -0.2) is 6.04 Å². The Balaban J connectivity index is 2.13. The molecule has 1 aliphatic carbocycles. The Morgan fingerprint density at radius 2 is 2.24 bits per heavy atom.